The Hall–Kier alpha value is -1.22. The molecule has 4 N–H and O–H groups in total. The monoisotopic (exact) mass is 180 g/mol. The number of ether oxygens (including phenoxy) is 1. The summed E-state index contributed by atoms with van der Waals surface area (Å²) in [6, 6.07) is 5.47. The molecule has 0 unspecified atom stereocenters. The summed E-state index contributed by atoms with van der Waals surface area (Å²) in [5.41, 5.74) is 13.4. The predicted octanol–water partition coefficient (Wildman–Crippen LogP) is 1.73. The summed E-state index contributed by atoms with van der Waals surface area (Å²) in [7, 11) is 1.66. The van der Waals surface area contributed by atoms with Crippen LogP contribution in [0.5, 0.6) is 0 Å². The second-order valence-corrected chi connectivity index (χ2v) is 3.56. The second kappa shape index (κ2) is 3.26. The molecular weight excluding hydrogens is 164 g/mol. The Labute approximate surface area is 78.7 Å². The maximum Gasteiger partial charge on any atom is 0.0891 e. The summed E-state index contributed by atoms with van der Waals surface area (Å²) < 4.78 is 5.32. The molecule has 0 aliphatic carbocycles. The molecule has 0 spiro atoms. The lowest BCUT2D eigenvalue weighted by atomic mass is 9.96. The molecule has 0 saturated carbocycles. The van der Waals surface area contributed by atoms with Crippen molar-refractivity contribution < 1.29 is 4.74 Å². The van der Waals surface area contributed by atoms with E-state index in [-0.39, 0.29) is 5.60 Å². The third-order valence-corrected chi connectivity index (χ3v) is 2.23. The van der Waals surface area contributed by atoms with Gasteiger partial charge in [-0.15, -0.1) is 0 Å². The molecule has 0 heterocycles. The molecule has 0 amide bonds. The van der Waals surface area contributed by atoms with Crippen LogP contribution in [0.2, 0.25) is 0 Å². The normalized spacial score (nSPS) is 11.6. The van der Waals surface area contributed by atoms with E-state index >= 15 is 0 Å². The molecule has 1 rings (SSSR count). The van der Waals surface area contributed by atoms with E-state index in [0.29, 0.717) is 11.4 Å². The fourth-order valence-electron chi connectivity index (χ4n) is 1.24. The summed E-state index contributed by atoms with van der Waals surface area (Å²) in [4.78, 5) is 0. The number of hydrogen-bond acceptors (Lipinski definition) is 3. The Morgan fingerprint density at radius 2 is 1.85 bits per heavy atom. The Bertz CT molecular complexity index is 308. The molecule has 1 aromatic carbocycles. The van der Waals surface area contributed by atoms with Gasteiger partial charge < -0.3 is 16.2 Å². The average Bonchev–Trinajstić information content (AvgIpc) is 2.03. The highest BCUT2D eigenvalue weighted by Crippen LogP contribution is 2.29. The van der Waals surface area contributed by atoms with Crippen molar-refractivity contribution in [3.05, 3.63) is 23.8 Å². The first-order valence-electron chi connectivity index (χ1n) is 4.18. The lowest BCUT2D eigenvalue weighted by Gasteiger charge is -2.25. The Balaban J connectivity index is 3.16. The van der Waals surface area contributed by atoms with Gasteiger partial charge in [0.05, 0.1) is 5.60 Å². The first-order chi connectivity index (χ1) is 5.97. The topological polar surface area (TPSA) is 61.3 Å². The second-order valence-electron chi connectivity index (χ2n) is 3.56. The van der Waals surface area contributed by atoms with E-state index in [1.54, 1.807) is 13.2 Å². The molecule has 0 aromatic heterocycles. The molecule has 0 radical (unpaired) electrons. The standard InChI is InChI=1S/C10H16N2O/c1-10(2,13-3)8-5-4-7(11)6-9(8)12/h4-6H,11-12H2,1-3H3. The molecule has 0 saturated heterocycles. The molecule has 0 atom stereocenters. The van der Waals surface area contributed by atoms with Crippen LogP contribution < -0.4 is 11.5 Å². The van der Waals surface area contributed by atoms with Crippen molar-refractivity contribution in [2.24, 2.45) is 0 Å². The van der Waals surface area contributed by atoms with Crippen LogP contribution in [0.4, 0.5) is 11.4 Å². The van der Waals surface area contributed by atoms with E-state index < -0.39 is 0 Å². The number of nitrogens with two attached hydrogens (primary N) is 2. The van der Waals surface area contributed by atoms with Crippen molar-refractivity contribution in [2.45, 2.75) is 19.4 Å². The van der Waals surface area contributed by atoms with Gasteiger partial charge in [-0.25, -0.2) is 0 Å². The summed E-state index contributed by atoms with van der Waals surface area (Å²) in [5, 5.41) is 0. The van der Waals surface area contributed by atoms with E-state index in [0.717, 1.165) is 5.56 Å². The van der Waals surface area contributed by atoms with E-state index in [2.05, 4.69) is 0 Å². The molecule has 72 valence electrons. The maximum atomic E-state index is 5.82. The SMILES string of the molecule is COC(C)(C)c1ccc(N)cc1N. The number of anilines is 2. The summed E-state index contributed by atoms with van der Waals surface area (Å²) in [6.07, 6.45) is 0. The zero-order valence-corrected chi connectivity index (χ0v) is 8.29. The van der Waals surface area contributed by atoms with Crippen LogP contribution in [0.15, 0.2) is 18.2 Å². The number of rotatable bonds is 2. The summed E-state index contributed by atoms with van der Waals surface area (Å²) in [6.45, 7) is 3.93. The number of methoxy groups -OCH3 is 1. The number of nitrogen functional groups attached to an aromatic ring is 2. The zero-order chi connectivity index (χ0) is 10.1. The molecule has 0 aliphatic rings. The van der Waals surface area contributed by atoms with Gasteiger partial charge in [-0.3, -0.25) is 0 Å². The first-order valence-corrected chi connectivity index (χ1v) is 4.18. The number of benzene rings is 1. The van der Waals surface area contributed by atoms with Gasteiger partial charge in [0.25, 0.3) is 0 Å². The third kappa shape index (κ3) is 1.92. The van der Waals surface area contributed by atoms with Crippen molar-refractivity contribution in [3.8, 4) is 0 Å². The minimum Gasteiger partial charge on any atom is -0.399 e. The molecule has 13 heavy (non-hydrogen) atoms. The summed E-state index contributed by atoms with van der Waals surface area (Å²) >= 11 is 0. The summed E-state index contributed by atoms with van der Waals surface area (Å²) in [5.74, 6) is 0. The smallest absolute Gasteiger partial charge is 0.0891 e. The zero-order valence-electron chi connectivity index (χ0n) is 8.29. The van der Waals surface area contributed by atoms with Gasteiger partial charge >= 0.3 is 0 Å². The van der Waals surface area contributed by atoms with Gasteiger partial charge in [0.1, 0.15) is 0 Å². The fourth-order valence-corrected chi connectivity index (χ4v) is 1.24. The van der Waals surface area contributed by atoms with E-state index in [1.807, 2.05) is 26.0 Å². The quantitative estimate of drug-likeness (QED) is 0.681. The third-order valence-electron chi connectivity index (χ3n) is 2.23. The van der Waals surface area contributed by atoms with Crippen LogP contribution >= 0.6 is 0 Å². The van der Waals surface area contributed by atoms with Gasteiger partial charge in [-0.05, 0) is 26.0 Å². The highest BCUT2D eigenvalue weighted by molar-refractivity contribution is 5.58. The van der Waals surface area contributed by atoms with Gasteiger partial charge in [0.2, 0.25) is 0 Å². The minimum atomic E-state index is -0.363. The fraction of sp³-hybridized carbons (Fsp3) is 0.400. The first kappa shape index (κ1) is 9.86. The molecule has 0 aliphatic heterocycles. The van der Waals surface area contributed by atoms with Crippen molar-refractivity contribution in [1.29, 1.82) is 0 Å². The average molecular weight is 180 g/mol. The Kier molecular flexibility index (Phi) is 2.48. The van der Waals surface area contributed by atoms with Gasteiger partial charge in [-0.1, -0.05) is 6.07 Å². The van der Waals surface area contributed by atoms with Crippen molar-refractivity contribution in [2.75, 3.05) is 18.6 Å². The van der Waals surface area contributed by atoms with Crippen LogP contribution in [-0.4, -0.2) is 7.11 Å². The highest BCUT2D eigenvalue weighted by atomic mass is 16.5. The van der Waals surface area contributed by atoms with Crippen molar-refractivity contribution >= 4 is 11.4 Å². The molecule has 1 aromatic rings. The van der Waals surface area contributed by atoms with Crippen LogP contribution in [-0.2, 0) is 10.3 Å². The van der Waals surface area contributed by atoms with Gasteiger partial charge in [0.15, 0.2) is 0 Å². The minimum absolute atomic E-state index is 0.363. The van der Waals surface area contributed by atoms with Gasteiger partial charge in [-0.2, -0.15) is 0 Å². The van der Waals surface area contributed by atoms with Crippen molar-refractivity contribution in [1.82, 2.24) is 0 Å². The maximum absolute atomic E-state index is 5.82. The van der Waals surface area contributed by atoms with Crippen LogP contribution in [0, 0.1) is 0 Å². The van der Waals surface area contributed by atoms with Crippen LogP contribution in [0.3, 0.4) is 0 Å². The van der Waals surface area contributed by atoms with Crippen LogP contribution in [0.1, 0.15) is 19.4 Å². The Morgan fingerprint density at radius 1 is 1.23 bits per heavy atom. The highest BCUT2D eigenvalue weighted by Gasteiger charge is 2.21. The van der Waals surface area contributed by atoms with E-state index in [9.17, 15) is 0 Å². The van der Waals surface area contributed by atoms with Crippen LogP contribution in [0.25, 0.3) is 0 Å². The molecule has 0 fully saturated rings. The lowest BCUT2D eigenvalue weighted by Crippen LogP contribution is -2.21. The Morgan fingerprint density at radius 3 is 2.31 bits per heavy atom. The lowest BCUT2D eigenvalue weighted by molar-refractivity contribution is 0.0199. The van der Waals surface area contributed by atoms with Crippen molar-refractivity contribution in [3.63, 3.8) is 0 Å². The molecule has 0 bridgehead atoms. The molecular formula is C10H16N2O. The largest absolute Gasteiger partial charge is 0.399 e. The van der Waals surface area contributed by atoms with Gasteiger partial charge in [0, 0.05) is 24.0 Å². The molecule has 3 heteroatoms. The number of hydrogen-bond donors (Lipinski definition) is 2. The van der Waals surface area contributed by atoms with E-state index in [1.165, 1.54) is 0 Å². The van der Waals surface area contributed by atoms with E-state index in [4.69, 9.17) is 16.2 Å². The predicted molar refractivity (Wildman–Crippen MR) is 55.3 cm³/mol. The molecule has 3 nitrogen and oxygen atoms in total.